The summed E-state index contributed by atoms with van der Waals surface area (Å²) in [6.45, 7) is 0. The number of hydrogen-bond acceptors (Lipinski definition) is 21. The van der Waals surface area contributed by atoms with Crippen LogP contribution in [0.25, 0.3) is 0 Å². The summed E-state index contributed by atoms with van der Waals surface area (Å²) in [4.78, 5) is 0. The Morgan fingerprint density at radius 2 is 0.379 bits per heavy atom. The van der Waals surface area contributed by atoms with E-state index in [9.17, 15) is 70.6 Å². The third-order valence-electron chi connectivity index (χ3n) is 0.500. The molecule has 0 aliphatic carbocycles. The van der Waals surface area contributed by atoms with E-state index < -0.39 is 81.7 Å². The van der Waals surface area contributed by atoms with E-state index in [1.54, 1.807) is 0 Å². The van der Waals surface area contributed by atoms with E-state index in [4.69, 9.17) is 0 Å². The van der Waals surface area contributed by atoms with Crippen LogP contribution in [0.2, 0.25) is 0 Å². The zero-order chi connectivity index (χ0) is 23.1. The van der Waals surface area contributed by atoms with Crippen molar-refractivity contribution in [2.75, 3.05) is 0 Å². The molecule has 0 atom stereocenters. The van der Waals surface area contributed by atoms with Crippen LogP contribution >= 0.6 is 0 Å². The van der Waals surface area contributed by atoms with Gasteiger partial charge in [-0.05, 0) is 0 Å². The molecule has 29 heteroatoms. The summed E-state index contributed by atoms with van der Waals surface area (Å²) in [5.41, 5.74) is 0. The maximum absolute atomic E-state index is 9.38. The molecule has 0 aromatic carbocycles. The number of rotatable bonds is 6. The monoisotopic (exact) mass is 701 g/mol. The molecule has 0 N–H and O–H groups in total. The molecule has 0 saturated heterocycles. The van der Waals surface area contributed by atoms with E-state index in [2.05, 4.69) is 8.52 Å². The summed E-state index contributed by atoms with van der Waals surface area (Å²) in [5.74, 6) is 0. The third-order valence-corrected chi connectivity index (χ3v) is 8.50. The zero-order valence-electron chi connectivity index (χ0n) is 12.2. The predicted molar refractivity (Wildman–Crippen MR) is 23.0 cm³/mol. The Morgan fingerprint density at radius 3 is 0.379 bits per heavy atom. The predicted octanol–water partition coefficient (Wildman–Crippen LogP) is -9.54. The summed E-state index contributed by atoms with van der Waals surface area (Å²) in [6, 6.07) is 0. The van der Waals surface area contributed by atoms with Crippen LogP contribution in [0.15, 0.2) is 0 Å². The van der Waals surface area contributed by atoms with Crippen molar-refractivity contribution in [1.82, 2.24) is 0 Å². The van der Waals surface area contributed by atoms with Crippen molar-refractivity contribution in [2.24, 2.45) is 0 Å². The third kappa shape index (κ3) is 58.7. The molecule has 168 valence electrons. The van der Waals surface area contributed by atoms with Crippen molar-refractivity contribution in [1.29, 1.82) is 0 Å². The van der Waals surface area contributed by atoms with Gasteiger partial charge in [-0.15, -0.1) is 0 Å². The molecule has 0 fully saturated rings. The van der Waals surface area contributed by atoms with Crippen molar-refractivity contribution >= 4 is 34.7 Å². The van der Waals surface area contributed by atoms with Gasteiger partial charge in [-0.2, -0.15) is 0 Å². The molecule has 0 amide bonds. The van der Waals surface area contributed by atoms with E-state index in [1.165, 1.54) is 0 Å². The first-order valence-corrected chi connectivity index (χ1v) is 16.5. The first kappa shape index (κ1) is 40.8. The molecule has 29 heavy (non-hydrogen) atoms. The normalized spacial score (nSPS) is 12.6. The second-order valence-corrected chi connectivity index (χ2v) is 13.6. The summed E-state index contributed by atoms with van der Waals surface area (Å²) in [5, 5.41) is 0. The van der Waals surface area contributed by atoms with Gasteiger partial charge in [0.15, 0.2) is 0 Å². The van der Waals surface area contributed by atoms with E-state index in [0.717, 1.165) is 0 Å². The molecule has 0 unspecified atom stereocenters. The van der Waals surface area contributed by atoms with Crippen LogP contribution in [0.1, 0.15) is 0 Å². The van der Waals surface area contributed by atoms with E-state index in [1.807, 2.05) is 0 Å². The summed E-state index contributed by atoms with van der Waals surface area (Å²) >= 11 is -36.4. The van der Waals surface area contributed by atoms with Crippen molar-refractivity contribution < 1.29 is 161 Å². The molecule has 0 bridgehead atoms. The Morgan fingerprint density at radius 1 is 0.310 bits per heavy atom. The SMILES string of the molecule is [Al+3].[Al+3].[O]=[Cr](=[O])([O-])[O][Cr](=[O])(=[O])[O-].[O]=[Cr](=[O])([O-])[O][Cr](=[O])(=[O])[O-].[O]=[Cr](=[O])([O-])[O][Cr](=[O])(=[O])[O-]. The fraction of sp³-hybridized carbons (Fsp3) is 0. The molecule has 0 heterocycles. The van der Waals surface area contributed by atoms with Crippen molar-refractivity contribution in [2.45, 2.75) is 0 Å². The molecule has 0 aliphatic rings. The van der Waals surface area contributed by atoms with Gasteiger partial charge < -0.3 is 0 Å². The Balaban J connectivity index is -0.0000000960. The first-order chi connectivity index (χ1) is 11.1. The number of hydrogen-bond donors (Lipinski definition) is 0. The second-order valence-electron chi connectivity index (χ2n) is 2.65. The molecular weight excluding hydrogens is 702 g/mol. The van der Waals surface area contributed by atoms with Gasteiger partial charge in [-0.3, -0.25) is 0 Å². The van der Waals surface area contributed by atoms with Crippen LogP contribution in [-0.2, 0) is 136 Å². The standard InChI is InChI=1S/2Al.6Cr.21O/q2*+3;;;;;;;;;;;;;;;;;;;;;;6*-1. The minimum atomic E-state index is -6.07. The van der Waals surface area contributed by atoms with Gasteiger partial charge in [-0.25, -0.2) is 0 Å². The van der Waals surface area contributed by atoms with Crippen LogP contribution in [0.3, 0.4) is 0 Å². The molecule has 0 aromatic rings. The minimum absolute atomic E-state index is 0. The molecule has 0 spiro atoms. The Labute approximate surface area is 193 Å². The Bertz CT molecular complexity index is 854. The van der Waals surface area contributed by atoms with Gasteiger partial charge in [-0.1, -0.05) is 0 Å². The van der Waals surface area contributed by atoms with Gasteiger partial charge in [0.1, 0.15) is 0 Å². The first-order valence-electron chi connectivity index (χ1n) is 4.00. The summed E-state index contributed by atoms with van der Waals surface area (Å²) < 4.78 is 177. The molecule has 21 nitrogen and oxygen atoms in total. The van der Waals surface area contributed by atoms with E-state index in [-0.39, 0.29) is 34.7 Å². The Hall–Kier alpha value is 1.50. The summed E-state index contributed by atoms with van der Waals surface area (Å²) in [7, 11) is 0. The van der Waals surface area contributed by atoms with E-state index in [0.29, 0.717) is 0 Å². The summed E-state index contributed by atoms with van der Waals surface area (Å²) in [6.07, 6.45) is 0. The van der Waals surface area contributed by atoms with E-state index >= 15 is 0 Å². The van der Waals surface area contributed by atoms with Crippen LogP contribution in [-0.4, -0.2) is 34.7 Å². The topological polar surface area (TPSA) is 371 Å². The molecule has 0 radical (unpaired) electrons. The van der Waals surface area contributed by atoms with Gasteiger partial charge in [0.25, 0.3) is 0 Å². The average molecular weight is 702 g/mol. The van der Waals surface area contributed by atoms with Crippen LogP contribution in [0, 0.1) is 0 Å². The van der Waals surface area contributed by atoms with Crippen molar-refractivity contribution in [3.05, 3.63) is 0 Å². The van der Waals surface area contributed by atoms with Crippen LogP contribution in [0.4, 0.5) is 0 Å². The average Bonchev–Trinajstić information content (AvgIpc) is 1.96. The van der Waals surface area contributed by atoms with Gasteiger partial charge >= 0.3 is 196 Å². The fourth-order valence-corrected chi connectivity index (χ4v) is 5.21. The molecule has 0 saturated carbocycles. The van der Waals surface area contributed by atoms with Crippen molar-refractivity contribution in [3.63, 3.8) is 0 Å². The van der Waals surface area contributed by atoms with Crippen molar-refractivity contribution in [3.8, 4) is 0 Å². The van der Waals surface area contributed by atoms with Crippen LogP contribution in [0.5, 0.6) is 0 Å². The van der Waals surface area contributed by atoms with Gasteiger partial charge in [0.2, 0.25) is 0 Å². The van der Waals surface area contributed by atoms with Gasteiger partial charge in [0.05, 0.1) is 0 Å². The molecule has 0 aliphatic heterocycles. The molecule has 0 aromatic heterocycles. The molecule has 0 rings (SSSR count). The quantitative estimate of drug-likeness (QED) is 0.232. The zero-order valence-corrected chi connectivity index (χ0v) is 22.1. The Kier molecular flexibility index (Phi) is 20.6. The molecular formula is Al2Cr6O21. The second kappa shape index (κ2) is 14.6. The van der Waals surface area contributed by atoms with Gasteiger partial charge in [0, 0.05) is 0 Å². The maximum atomic E-state index is 9.38. The fourth-order valence-electron chi connectivity index (χ4n) is 0.306. The van der Waals surface area contributed by atoms with Crippen LogP contribution < -0.4 is 24.9 Å².